The van der Waals surface area contributed by atoms with E-state index in [1.165, 1.54) is 5.56 Å². The lowest BCUT2D eigenvalue weighted by Gasteiger charge is -2.42. The second kappa shape index (κ2) is 5.02. The predicted molar refractivity (Wildman–Crippen MR) is 85.7 cm³/mol. The molecule has 0 spiro atoms. The molecular formula is C19H17NO2. The topological polar surface area (TPSA) is 42.2 Å². The molecule has 1 saturated carbocycles. The Kier molecular flexibility index (Phi) is 3.00. The van der Waals surface area contributed by atoms with Crippen molar-refractivity contribution < 1.29 is 9.21 Å². The van der Waals surface area contributed by atoms with E-state index in [1.54, 1.807) is 0 Å². The number of rotatable bonds is 3. The lowest BCUT2D eigenvalue weighted by atomic mass is 9.71. The van der Waals surface area contributed by atoms with E-state index in [-0.39, 0.29) is 11.4 Å². The number of benzene rings is 2. The van der Waals surface area contributed by atoms with Gasteiger partial charge in [0.05, 0.1) is 5.54 Å². The van der Waals surface area contributed by atoms with E-state index in [2.05, 4.69) is 17.4 Å². The van der Waals surface area contributed by atoms with Gasteiger partial charge in [0.2, 0.25) is 0 Å². The van der Waals surface area contributed by atoms with E-state index in [4.69, 9.17) is 4.42 Å². The monoisotopic (exact) mass is 291 g/mol. The van der Waals surface area contributed by atoms with E-state index in [0.717, 1.165) is 30.2 Å². The summed E-state index contributed by atoms with van der Waals surface area (Å²) in [5.41, 5.74) is 1.68. The van der Waals surface area contributed by atoms with E-state index in [9.17, 15) is 4.79 Å². The molecule has 4 rings (SSSR count). The van der Waals surface area contributed by atoms with Gasteiger partial charge in [-0.05, 0) is 37.0 Å². The molecule has 3 heteroatoms. The lowest BCUT2D eigenvalue weighted by molar-refractivity contribution is 0.0797. The molecule has 0 bridgehead atoms. The second-order valence-electron chi connectivity index (χ2n) is 5.90. The Bertz CT molecular complexity index is 783. The van der Waals surface area contributed by atoms with Crippen LogP contribution in [0.25, 0.3) is 11.0 Å². The minimum atomic E-state index is -0.239. The zero-order valence-corrected chi connectivity index (χ0v) is 12.2. The quantitative estimate of drug-likeness (QED) is 0.784. The van der Waals surface area contributed by atoms with Crippen LogP contribution in [0.1, 0.15) is 35.4 Å². The van der Waals surface area contributed by atoms with Crippen LogP contribution in [-0.4, -0.2) is 5.91 Å². The zero-order chi connectivity index (χ0) is 15.0. The van der Waals surface area contributed by atoms with Crippen molar-refractivity contribution in [2.45, 2.75) is 24.8 Å². The first kappa shape index (κ1) is 13.1. The van der Waals surface area contributed by atoms with Crippen molar-refractivity contribution in [3.05, 3.63) is 72.0 Å². The second-order valence-corrected chi connectivity index (χ2v) is 5.90. The van der Waals surface area contributed by atoms with Crippen molar-refractivity contribution in [1.29, 1.82) is 0 Å². The molecule has 1 amide bonds. The Morgan fingerprint density at radius 1 is 1.00 bits per heavy atom. The Hall–Kier alpha value is -2.55. The van der Waals surface area contributed by atoms with E-state index in [0.29, 0.717) is 5.76 Å². The number of furan rings is 1. The molecule has 3 nitrogen and oxygen atoms in total. The molecule has 1 heterocycles. The molecule has 3 aromatic rings. The van der Waals surface area contributed by atoms with Crippen LogP contribution in [-0.2, 0) is 5.54 Å². The Morgan fingerprint density at radius 3 is 2.41 bits per heavy atom. The summed E-state index contributed by atoms with van der Waals surface area (Å²) in [6.45, 7) is 0. The van der Waals surface area contributed by atoms with Crippen molar-refractivity contribution in [3.8, 4) is 0 Å². The van der Waals surface area contributed by atoms with Gasteiger partial charge in [0.25, 0.3) is 5.91 Å². The predicted octanol–water partition coefficient (Wildman–Crippen LogP) is 4.24. The molecule has 1 aliphatic rings. The number of carbonyl (C=O) groups is 1. The maximum atomic E-state index is 12.6. The van der Waals surface area contributed by atoms with Crippen LogP contribution in [0.4, 0.5) is 0 Å². The molecule has 0 aliphatic heterocycles. The molecule has 0 atom stereocenters. The minimum absolute atomic E-state index is 0.139. The molecule has 1 N–H and O–H groups in total. The highest BCUT2D eigenvalue weighted by atomic mass is 16.3. The molecular weight excluding hydrogens is 274 g/mol. The van der Waals surface area contributed by atoms with Crippen molar-refractivity contribution in [2.24, 2.45) is 0 Å². The van der Waals surface area contributed by atoms with Gasteiger partial charge >= 0.3 is 0 Å². The first-order valence-electron chi connectivity index (χ1n) is 7.63. The van der Waals surface area contributed by atoms with Gasteiger partial charge in [-0.25, -0.2) is 0 Å². The van der Waals surface area contributed by atoms with Crippen LogP contribution < -0.4 is 5.32 Å². The first-order valence-corrected chi connectivity index (χ1v) is 7.63. The van der Waals surface area contributed by atoms with Gasteiger partial charge in [-0.1, -0.05) is 48.5 Å². The lowest BCUT2D eigenvalue weighted by Crippen LogP contribution is -2.50. The maximum Gasteiger partial charge on any atom is 0.287 e. The first-order chi connectivity index (χ1) is 10.8. The number of hydrogen-bond acceptors (Lipinski definition) is 2. The average molecular weight is 291 g/mol. The van der Waals surface area contributed by atoms with E-state index < -0.39 is 0 Å². The third-order valence-electron chi connectivity index (χ3n) is 4.54. The smallest absolute Gasteiger partial charge is 0.287 e. The molecule has 0 unspecified atom stereocenters. The fraction of sp³-hybridized carbons (Fsp3) is 0.211. The number of para-hydroxylation sites is 1. The van der Waals surface area contributed by atoms with Crippen LogP contribution >= 0.6 is 0 Å². The van der Waals surface area contributed by atoms with Crippen LogP contribution in [0.15, 0.2) is 65.1 Å². The van der Waals surface area contributed by atoms with Crippen molar-refractivity contribution in [3.63, 3.8) is 0 Å². The molecule has 22 heavy (non-hydrogen) atoms. The van der Waals surface area contributed by atoms with Gasteiger partial charge in [-0.2, -0.15) is 0 Å². The molecule has 2 aromatic carbocycles. The fourth-order valence-corrected chi connectivity index (χ4v) is 3.15. The Balaban J connectivity index is 1.63. The molecule has 1 fully saturated rings. The van der Waals surface area contributed by atoms with Gasteiger partial charge in [-0.15, -0.1) is 0 Å². The SMILES string of the molecule is O=C(NC1(c2ccccc2)CCC1)c1cc2ccccc2o1. The molecule has 110 valence electrons. The summed E-state index contributed by atoms with van der Waals surface area (Å²) in [5, 5.41) is 4.14. The molecule has 1 aliphatic carbocycles. The van der Waals surface area contributed by atoms with Crippen LogP contribution in [0.3, 0.4) is 0 Å². The van der Waals surface area contributed by atoms with Gasteiger partial charge in [0, 0.05) is 5.39 Å². The number of amides is 1. The Morgan fingerprint density at radius 2 is 1.73 bits per heavy atom. The highest BCUT2D eigenvalue weighted by Crippen LogP contribution is 2.41. The number of fused-ring (bicyclic) bond motifs is 1. The summed E-state index contributed by atoms with van der Waals surface area (Å²) >= 11 is 0. The fourth-order valence-electron chi connectivity index (χ4n) is 3.15. The minimum Gasteiger partial charge on any atom is -0.451 e. The standard InChI is InChI=1S/C19H17NO2/c21-18(17-13-14-7-4-5-10-16(14)22-17)20-19(11-6-12-19)15-8-2-1-3-9-15/h1-5,7-10,13H,6,11-12H2,(H,20,21). The summed E-state index contributed by atoms with van der Waals surface area (Å²) < 4.78 is 5.67. The Labute approximate surface area is 128 Å². The normalized spacial score (nSPS) is 16.2. The molecule has 0 saturated heterocycles. The van der Waals surface area contributed by atoms with E-state index >= 15 is 0 Å². The van der Waals surface area contributed by atoms with Crippen molar-refractivity contribution in [2.75, 3.05) is 0 Å². The highest BCUT2D eigenvalue weighted by molar-refractivity contribution is 5.96. The number of carbonyl (C=O) groups excluding carboxylic acids is 1. The number of hydrogen-bond donors (Lipinski definition) is 1. The largest absolute Gasteiger partial charge is 0.451 e. The molecule has 0 radical (unpaired) electrons. The van der Waals surface area contributed by atoms with Crippen LogP contribution in [0, 0.1) is 0 Å². The van der Waals surface area contributed by atoms with Crippen LogP contribution in [0.2, 0.25) is 0 Å². The van der Waals surface area contributed by atoms with Gasteiger partial charge in [0.15, 0.2) is 5.76 Å². The number of nitrogens with one attached hydrogen (secondary N) is 1. The summed E-state index contributed by atoms with van der Waals surface area (Å²) in [5.74, 6) is 0.239. The summed E-state index contributed by atoms with van der Waals surface area (Å²) in [6, 6.07) is 19.7. The maximum absolute atomic E-state index is 12.6. The van der Waals surface area contributed by atoms with Crippen molar-refractivity contribution in [1.82, 2.24) is 5.32 Å². The summed E-state index contributed by atoms with van der Waals surface area (Å²) in [6.07, 6.45) is 3.08. The van der Waals surface area contributed by atoms with Gasteiger partial charge in [0.1, 0.15) is 5.58 Å². The van der Waals surface area contributed by atoms with Crippen LogP contribution in [0.5, 0.6) is 0 Å². The van der Waals surface area contributed by atoms with Gasteiger partial charge < -0.3 is 9.73 Å². The third kappa shape index (κ3) is 2.10. The highest BCUT2D eigenvalue weighted by Gasteiger charge is 2.40. The summed E-state index contributed by atoms with van der Waals surface area (Å²) in [7, 11) is 0. The van der Waals surface area contributed by atoms with Gasteiger partial charge in [-0.3, -0.25) is 4.79 Å². The van der Waals surface area contributed by atoms with Crippen molar-refractivity contribution >= 4 is 16.9 Å². The average Bonchev–Trinajstić information content (AvgIpc) is 2.96. The van der Waals surface area contributed by atoms with E-state index in [1.807, 2.05) is 48.5 Å². The summed E-state index contributed by atoms with van der Waals surface area (Å²) in [4.78, 5) is 12.6. The third-order valence-corrected chi connectivity index (χ3v) is 4.54. The molecule has 1 aromatic heterocycles. The zero-order valence-electron chi connectivity index (χ0n) is 12.2.